The van der Waals surface area contributed by atoms with Crippen molar-refractivity contribution in [3.05, 3.63) is 35.4 Å². The second-order valence-electron chi connectivity index (χ2n) is 5.40. The monoisotopic (exact) mass is 217 g/mol. The van der Waals surface area contributed by atoms with Crippen LogP contribution in [0.4, 0.5) is 0 Å². The van der Waals surface area contributed by atoms with Crippen molar-refractivity contribution < 1.29 is 4.74 Å². The Balaban J connectivity index is 2.20. The summed E-state index contributed by atoms with van der Waals surface area (Å²) < 4.78 is 5.62. The fraction of sp³-hybridized carbons (Fsp3) is 0.500. The number of nitrogens with zero attached hydrogens (tertiary/aromatic N) is 1. The molecule has 1 atom stereocenters. The van der Waals surface area contributed by atoms with E-state index in [1.165, 1.54) is 5.56 Å². The topological polar surface area (TPSA) is 21.6 Å². The summed E-state index contributed by atoms with van der Waals surface area (Å²) in [5.41, 5.74) is 2.62. The van der Waals surface area contributed by atoms with Gasteiger partial charge in [-0.15, -0.1) is 0 Å². The third kappa shape index (κ3) is 2.26. The van der Waals surface area contributed by atoms with Crippen molar-refractivity contribution in [1.82, 2.24) is 0 Å². The van der Waals surface area contributed by atoms with E-state index in [2.05, 4.69) is 50.0 Å². The zero-order valence-electron chi connectivity index (χ0n) is 10.4. The van der Waals surface area contributed by atoms with E-state index < -0.39 is 0 Å². The number of aliphatic imine (C=N–C) groups is 1. The van der Waals surface area contributed by atoms with E-state index in [0.29, 0.717) is 0 Å². The first-order chi connectivity index (χ1) is 7.47. The highest BCUT2D eigenvalue weighted by Gasteiger charge is 2.18. The molecule has 0 radical (unpaired) electrons. The summed E-state index contributed by atoms with van der Waals surface area (Å²) >= 11 is 0. The maximum absolute atomic E-state index is 5.62. The molecule has 0 bridgehead atoms. The average Bonchev–Trinajstić information content (AvgIpc) is 2.64. The predicted octanol–water partition coefficient (Wildman–Crippen LogP) is 3.15. The first kappa shape index (κ1) is 11.2. The Morgan fingerprint density at radius 1 is 1.19 bits per heavy atom. The van der Waals surface area contributed by atoms with Gasteiger partial charge in [-0.25, -0.2) is 4.99 Å². The summed E-state index contributed by atoms with van der Waals surface area (Å²) in [6, 6.07) is 8.50. The predicted molar refractivity (Wildman–Crippen MR) is 67.1 cm³/mol. The van der Waals surface area contributed by atoms with Gasteiger partial charge in [0.2, 0.25) is 5.90 Å². The number of rotatable bonds is 1. The molecule has 1 aromatic carbocycles. The molecular formula is C14H19NO. The van der Waals surface area contributed by atoms with Crippen LogP contribution in [0.2, 0.25) is 0 Å². The molecular weight excluding hydrogens is 198 g/mol. The van der Waals surface area contributed by atoms with Crippen molar-refractivity contribution in [2.75, 3.05) is 6.54 Å². The van der Waals surface area contributed by atoms with Gasteiger partial charge in [-0.1, -0.05) is 32.9 Å². The minimum Gasteiger partial charge on any atom is -0.472 e. The van der Waals surface area contributed by atoms with Gasteiger partial charge in [-0.3, -0.25) is 0 Å². The molecule has 0 saturated carbocycles. The Morgan fingerprint density at radius 2 is 1.81 bits per heavy atom. The molecule has 0 amide bonds. The summed E-state index contributed by atoms with van der Waals surface area (Å²) in [7, 11) is 0. The highest BCUT2D eigenvalue weighted by Crippen LogP contribution is 2.23. The maximum atomic E-state index is 5.62. The van der Waals surface area contributed by atoms with Crippen LogP contribution in [-0.4, -0.2) is 18.5 Å². The second-order valence-corrected chi connectivity index (χ2v) is 5.40. The molecule has 1 aliphatic heterocycles. The van der Waals surface area contributed by atoms with Crippen molar-refractivity contribution in [1.29, 1.82) is 0 Å². The van der Waals surface area contributed by atoms with Crippen LogP contribution in [0, 0.1) is 0 Å². The van der Waals surface area contributed by atoms with E-state index in [-0.39, 0.29) is 11.5 Å². The van der Waals surface area contributed by atoms with Gasteiger partial charge in [0, 0.05) is 5.56 Å². The minimum atomic E-state index is 0.199. The van der Waals surface area contributed by atoms with Crippen LogP contribution < -0.4 is 0 Å². The summed E-state index contributed by atoms with van der Waals surface area (Å²) in [5.74, 6) is 0.785. The smallest absolute Gasteiger partial charge is 0.216 e. The first-order valence-corrected chi connectivity index (χ1v) is 5.79. The standard InChI is InChI=1S/C14H19NO/c1-10-9-15-13(16-10)11-5-7-12(8-6-11)14(2,3)4/h5-8,10H,9H2,1-4H3/t10-/m1/s1. The number of ether oxygens (including phenoxy) is 1. The largest absolute Gasteiger partial charge is 0.472 e. The molecule has 0 N–H and O–H groups in total. The molecule has 86 valence electrons. The number of hydrogen-bond donors (Lipinski definition) is 0. The number of benzene rings is 1. The zero-order valence-corrected chi connectivity index (χ0v) is 10.4. The van der Waals surface area contributed by atoms with Gasteiger partial charge in [0.05, 0.1) is 6.54 Å². The van der Waals surface area contributed by atoms with Crippen molar-refractivity contribution in [3.8, 4) is 0 Å². The molecule has 2 nitrogen and oxygen atoms in total. The Kier molecular flexibility index (Phi) is 2.75. The van der Waals surface area contributed by atoms with Crippen molar-refractivity contribution >= 4 is 5.90 Å². The molecule has 1 aliphatic rings. The highest BCUT2D eigenvalue weighted by molar-refractivity contribution is 5.95. The molecule has 0 unspecified atom stereocenters. The van der Waals surface area contributed by atoms with Gasteiger partial charge in [0.1, 0.15) is 6.10 Å². The van der Waals surface area contributed by atoms with E-state index in [9.17, 15) is 0 Å². The van der Waals surface area contributed by atoms with Gasteiger partial charge in [0.25, 0.3) is 0 Å². The van der Waals surface area contributed by atoms with E-state index in [4.69, 9.17) is 4.74 Å². The van der Waals surface area contributed by atoms with Crippen LogP contribution in [0.25, 0.3) is 0 Å². The SMILES string of the molecule is C[C@@H]1CN=C(c2ccc(C(C)(C)C)cc2)O1. The minimum absolute atomic E-state index is 0.199. The Morgan fingerprint density at radius 3 is 2.25 bits per heavy atom. The van der Waals surface area contributed by atoms with Gasteiger partial charge in [-0.2, -0.15) is 0 Å². The molecule has 0 saturated heterocycles. The average molecular weight is 217 g/mol. The third-order valence-corrected chi connectivity index (χ3v) is 2.80. The molecule has 16 heavy (non-hydrogen) atoms. The summed E-state index contributed by atoms with van der Waals surface area (Å²) in [6.45, 7) is 9.46. The van der Waals surface area contributed by atoms with Crippen LogP contribution in [-0.2, 0) is 10.2 Å². The summed E-state index contributed by atoms with van der Waals surface area (Å²) in [5, 5.41) is 0. The molecule has 0 aromatic heterocycles. The molecule has 0 aliphatic carbocycles. The maximum Gasteiger partial charge on any atom is 0.216 e. The van der Waals surface area contributed by atoms with E-state index >= 15 is 0 Å². The molecule has 1 heterocycles. The zero-order chi connectivity index (χ0) is 11.8. The summed E-state index contributed by atoms with van der Waals surface area (Å²) in [6.07, 6.45) is 0.220. The second kappa shape index (κ2) is 3.93. The lowest BCUT2D eigenvalue weighted by Crippen LogP contribution is -2.12. The van der Waals surface area contributed by atoms with E-state index in [0.717, 1.165) is 18.0 Å². The molecule has 2 heteroatoms. The van der Waals surface area contributed by atoms with E-state index in [1.807, 2.05) is 6.92 Å². The Bertz CT molecular complexity index is 398. The third-order valence-electron chi connectivity index (χ3n) is 2.80. The lowest BCUT2D eigenvalue weighted by molar-refractivity contribution is 0.246. The van der Waals surface area contributed by atoms with Crippen molar-refractivity contribution in [2.45, 2.75) is 39.2 Å². The van der Waals surface area contributed by atoms with Crippen molar-refractivity contribution in [2.24, 2.45) is 4.99 Å². The van der Waals surface area contributed by atoms with Crippen LogP contribution in [0.3, 0.4) is 0 Å². The summed E-state index contributed by atoms with van der Waals surface area (Å²) in [4.78, 5) is 4.37. The van der Waals surface area contributed by atoms with Gasteiger partial charge in [0.15, 0.2) is 0 Å². The fourth-order valence-electron chi connectivity index (χ4n) is 1.75. The molecule has 2 rings (SSSR count). The highest BCUT2D eigenvalue weighted by atomic mass is 16.5. The lowest BCUT2D eigenvalue weighted by atomic mass is 9.87. The number of hydrogen-bond acceptors (Lipinski definition) is 2. The fourth-order valence-corrected chi connectivity index (χ4v) is 1.75. The van der Waals surface area contributed by atoms with Crippen LogP contribution in [0.15, 0.2) is 29.3 Å². The Labute approximate surface area is 97.4 Å². The van der Waals surface area contributed by atoms with Gasteiger partial charge >= 0.3 is 0 Å². The molecule has 0 spiro atoms. The molecule has 1 aromatic rings. The van der Waals surface area contributed by atoms with Crippen LogP contribution in [0.5, 0.6) is 0 Å². The van der Waals surface area contributed by atoms with Crippen LogP contribution in [0.1, 0.15) is 38.8 Å². The molecule has 0 fully saturated rings. The first-order valence-electron chi connectivity index (χ1n) is 5.79. The lowest BCUT2D eigenvalue weighted by Gasteiger charge is -2.19. The quantitative estimate of drug-likeness (QED) is 0.708. The van der Waals surface area contributed by atoms with E-state index in [1.54, 1.807) is 0 Å². The van der Waals surface area contributed by atoms with Gasteiger partial charge < -0.3 is 4.74 Å². The van der Waals surface area contributed by atoms with Gasteiger partial charge in [-0.05, 0) is 30.0 Å². The van der Waals surface area contributed by atoms with Crippen molar-refractivity contribution in [3.63, 3.8) is 0 Å². The van der Waals surface area contributed by atoms with Crippen LogP contribution >= 0.6 is 0 Å². The normalized spacial score (nSPS) is 20.5. The Hall–Kier alpha value is -1.31.